The Morgan fingerprint density at radius 1 is 0.676 bits per heavy atom. The van der Waals surface area contributed by atoms with Crippen LogP contribution < -0.4 is 0 Å². The zero-order chi connectivity index (χ0) is 26.2. The van der Waals surface area contributed by atoms with Crippen LogP contribution in [-0.2, 0) is 6.18 Å². The van der Waals surface area contributed by atoms with Crippen LogP contribution in [0.1, 0.15) is 112 Å². The second kappa shape index (κ2) is 10.9. The van der Waals surface area contributed by atoms with Crippen LogP contribution in [0.25, 0.3) is 5.57 Å². The Morgan fingerprint density at radius 2 is 1.27 bits per heavy atom. The number of allylic oxidation sites excluding steroid dienone is 2. The van der Waals surface area contributed by atoms with Gasteiger partial charge in [-0.3, -0.25) is 0 Å². The lowest BCUT2D eigenvalue weighted by atomic mass is 9.70. The molecule has 37 heavy (non-hydrogen) atoms. The average molecular weight is 517 g/mol. The van der Waals surface area contributed by atoms with Gasteiger partial charge in [0.25, 0.3) is 0 Å². The van der Waals surface area contributed by atoms with Gasteiger partial charge in [0, 0.05) is 5.56 Å². The van der Waals surface area contributed by atoms with Gasteiger partial charge in [-0.05, 0) is 122 Å². The maximum absolute atomic E-state index is 15.1. The minimum absolute atomic E-state index is 0.0925. The zero-order valence-corrected chi connectivity index (χ0v) is 21.6. The highest BCUT2D eigenvalue weighted by Gasteiger charge is 2.35. The Kier molecular flexibility index (Phi) is 7.79. The van der Waals surface area contributed by atoms with Crippen molar-refractivity contribution < 1.29 is 22.0 Å². The molecule has 0 N–H and O–H groups in total. The molecule has 200 valence electrons. The van der Waals surface area contributed by atoms with Crippen LogP contribution >= 0.6 is 0 Å². The van der Waals surface area contributed by atoms with Gasteiger partial charge >= 0.3 is 6.18 Å². The van der Waals surface area contributed by atoms with Crippen LogP contribution in [0.2, 0.25) is 0 Å². The van der Waals surface area contributed by atoms with Crippen molar-refractivity contribution in [2.75, 3.05) is 0 Å². The van der Waals surface area contributed by atoms with Crippen molar-refractivity contribution in [3.63, 3.8) is 0 Å². The molecule has 2 saturated carbocycles. The smallest absolute Gasteiger partial charge is 0.206 e. The molecular formula is C32H37F5. The van der Waals surface area contributed by atoms with E-state index < -0.39 is 17.6 Å². The van der Waals surface area contributed by atoms with E-state index in [0.717, 1.165) is 92.5 Å². The van der Waals surface area contributed by atoms with E-state index in [2.05, 4.69) is 19.1 Å². The van der Waals surface area contributed by atoms with E-state index in [1.165, 1.54) is 18.9 Å². The highest BCUT2D eigenvalue weighted by atomic mass is 19.4. The normalized spacial score (nSPS) is 29.1. The molecule has 5 rings (SSSR count). The van der Waals surface area contributed by atoms with E-state index in [1.807, 2.05) is 6.07 Å². The summed E-state index contributed by atoms with van der Waals surface area (Å²) in [7, 11) is 0. The van der Waals surface area contributed by atoms with Crippen molar-refractivity contribution in [3.8, 4) is 0 Å². The summed E-state index contributed by atoms with van der Waals surface area (Å²) in [5.41, 5.74) is 2.50. The largest absolute Gasteiger partial charge is 0.419 e. The molecule has 2 aromatic rings. The number of halogens is 5. The van der Waals surface area contributed by atoms with E-state index in [9.17, 15) is 17.6 Å². The van der Waals surface area contributed by atoms with Gasteiger partial charge in [0.1, 0.15) is 11.6 Å². The Hall–Kier alpha value is -2.17. The van der Waals surface area contributed by atoms with Crippen LogP contribution in [0.3, 0.4) is 0 Å². The minimum atomic E-state index is -4.66. The molecule has 0 radical (unpaired) electrons. The summed E-state index contributed by atoms with van der Waals surface area (Å²) in [5, 5.41) is 0. The predicted octanol–water partition coefficient (Wildman–Crippen LogP) is 10.4. The zero-order valence-electron chi connectivity index (χ0n) is 21.6. The first-order valence-corrected chi connectivity index (χ1v) is 14.0. The molecule has 0 nitrogen and oxygen atoms in total. The molecule has 5 heteroatoms. The van der Waals surface area contributed by atoms with Gasteiger partial charge in [-0.15, -0.1) is 0 Å². The van der Waals surface area contributed by atoms with Crippen LogP contribution in [0.15, 0.2) is 42.5 Å². The standard InChI is InChI=1S/C32H37F5/c1-20-2-4-23(5-3-20)26-14-16-28(30(33)18-26)25-12-10-22(11-13-25)21-6-8-24(9-7-21)27-15-17-29(31(34)19-27)32(35,36)37/h12,14-24H,2-11,13H2,1H3. The summed E-state index contributed by atoms with van der Waals surface area (Å²) in [5.74, 6) is 1.23. The predicted molar refractivity (Wildman–Crippen MR) is 138 cm³/mol. The molecule has 3 aliphatic carbocycles. The fourth-order valence-electron chi connectivity index (χ4n) is 7.11. The maximum atomic E-state index is 15.1. The van der Waals surface area contributed by atoms with Crippen molar-refractivity contribution in [1.29, 1.82) is 0 Å². The molecule has 1 unspecified atom stereocenters. The highest BCUT2D eigenvalue weighted by molar-refractivity contribution is 5.67. The van der Waals surface area contributed by atoms with Crippen molar-refractivity contribution in [3.05, 3.63) is 76.4 Å². The van der Waals surface area contributed by atoms with E-state index in [0.29, 0.717) is 23.3 Å². The Bertz CT molecular complexity index is 1110. The van der Waals surface area contributed by atoms with Gasteiger partial charge in [0.2, 0.25) is 0 Å². The van der Waals surface area contributed by atoms with E-state index in [4.69, 9.17) is 0 Å². The third-order valence-corrected chi connectivity index (χ3v) is 9.49. The van der Waals surface area contributed by atoms with Crippen LogP contribution in [0.5, 0.6) is 0 Å². The van der Waals surface area contributed by atoms with Gasteiger partial charge in [-0.1, -0.05) is 44.0 Å². The van der Waals surface area contributed by atoms with Crippen molar-refractivity contribution in [2.45, 2.75) is 95.6 Å². The third-order valence-electron chi connectivity index (χ3n) is 9.49. The lowest BCUT2D eigenvalue weighted by molar-refractivity contribution is -0.140. The average Bonchev–Trinajstić information content (AvgIpc) is 2.88. The van der Waals surface area contributed by atoms with Gasteiger partial charge in [-0.25, -0.2) is 8.78 Å². The quantitative estimate of drug-likeness (QED) is 0.355. The molecular weight excluding hydrogens is 479 g/mol. The molecule has 0 bridgehead atoms. The summed E-state index contributed by atoms with van der Waals surface area (Å²) >= 11 is 0. The second-order valence-corrected chi connectivity index (χ2v) is 11.8. The topological polar surface area (TPSA) is 0 Å². The van der Waals surface area contributed by atoms with Crippen molar-refractivity contribution >= 4 is 5.57 Å². The molecule has 0 amide bonds. The highest BCUT2D eigenvalue weighted by Crippen LogP contribution is 2.45. The number of hydrogen-bond acceptors (Lipinski definition) is 0. The fourth-order valence-corrected chi connectivity index (χ4v) is 7.11. The third kappa shape index (κ3) is 5.96. The minimum Gasteiger partial charge on any atom is -0.206 e. The first-order chi connectivity index (χ1) is 17.7. The number of hydrogen-bond donors (Lipinski definition) is 0. The van der Waals surface area contributed by atoms with E-state index >= 15 is 4.39 Å². The molecule has 2 aromatic carbocycles. The van der Waals surface area contributed by atoms with Crippen LogP contribution in [-0.4, -0.2) is 0 Å². The van der Waals surface area contributed by atoms with E-state index in [-0.39, 0.29) is 11.7 Å². The lowest BCUT2D eigenvalue weighted by Gasteiger charge is -2.36. The first kappa shape index (κ1) is 26.4. The molecule has 0 heterocycles. The fraction of sp³-hybridized carbons (Fsp3) is 0.562. The lowest BCUT2D eigenvalue weighted by Crippen LogP contribution is -2.22. The van der Waals surface area contributed by atoms with Gasteiger partial charge in [-0.2, -0.15) is 13.2 Å². The van der Waals surface area contributed by atoms with Gasteiger partial charge < -0.3 is 0 Å². The summed E-state index contributed by atoms with van der Waals surface area (Å²) in [6.45, 7) is 2.30. The Morgan fingerprint density at radius 3 is 1.81 bits per heavy atom. The number of rotatable bonds is 4. The monoisotopic (exact) mass is 516 g/mol. The Labute approximate surface area is 217 Å². The maximum Gasteiger partial charge on any atom is 0.419 e. The van der Waals surface area contributed by atoms with Crippen molar-refractivity contribution in [2.24, 2.45) is 17.8 Å². The van der Waals surface area contributed by atoms with Crippen molar-refractivity contribution in [1.82, 2.24) is 0 Å². The summed E-state index contributed by atoms with van der Waals surface area (Å²) in [4.78, 5) is 0. The summed E-state index contributed by atoms with van der Waals surface area (Å²) < 4.78 is 67.8. The molecule has 2 fully saturated rings. The number of benzene rings is 2. The van der Waals surface area contributed by atoms with Crippen LogP contribution in [0.4, 0.5) is 22.0 Å². The molecule has 0 spiro atoms. The van der Waals surface area contributed by atoms with E-state index in [1.54, 1.807) is 6.07 Å². The molecule has 0 saturated heterocycles. The molecule has 0 aliphatic heterocycles. The first-order valence-electron chi connectivity index (χ1n) is 14.0. The SMILES string of the molecule is CC1CCC(c2ccc(C3=CCC(C4CCC(c5ccc(C(F)(F)F)c(F)c5)CC4)CC3)c(F)c2)CC1. The Balaban J connectivity index is 1.16. The number of alkyl halides is 3. The van der Waals surface area contributed by atoms with Gasteiger partial charge in [0.15, 0.2) is 0 Å². The van der Waals surface area contributed by atoms with Crippen LogP contribution in [0, 0.1) is 29.4 Å². The molecule has 1 atom stereocenters. The summed E-state index contributed by atoms with van der Waals surface area (Å²) in [6, 6.07) is 9.31. The summed E-state index contributed by atoms with van der Waals surface area (Å²) in [6.07, 6.45) is 8.95. The second-order valence-electron chi connectivity index (χ2n) is 11.8. The van der Waals surface area contributed by atoms with Gasteiger partial charge in [0.05, 0.1) is 5.56 Å². The molecule has 0 aromatic heterocycles. The molecule has 3 aliphatic rings.